The van der Waals surface area contributed by atoms with Crippen molar-refractivity contribution in [2.45, 2.75) is 161 Å². The van der Waals surface area contributed by atoms with Gasteiger partial charge in [-0.2, -0.15) is 0 Å². The third kappa shape index (κ3) is 16.8. The molecule has 0 amide bonds. The molecule has 0 radical (unpaired) electrons. The summed E-state index contributed by atoms with van der Waals surface area (Å²) in [6, 6.07) is 0. The monoisotopic (exact) mass is 456 g/mol. The summed E-state index contributed by atoms with van der Waals surface area (Å²) in [5.74, 6) is -0.981. The predicted molar refractivity (Wildman–Crippen MR) is 132 cm³/mol. The lowest BCUT2D eigenvalue weighted by molar-refractivity contribution is -0.146. The number of Topliss-reactive ketones (excluding diaryl/α,β-unsaturated/α-hetero) is 2. The number of aliphatic hydroxyl groups is 3. The highest BCUT2D eigenvalue weighted by molar-refractivity contribution is 5.87. The Bertz CT molecular complexity index is 411. The number of carbonyl (C=O) groups is 2. The highest BCUT2D eigenvalue weighted by Gasteiger charge is 2.33. The zero-order chi connectivity index (χ0) is 24.0. The van der Waals surface area contributed by atoms with E-state index in [1.807, 2.05) is 0 Å². The summed E-state index contributed by atoms with van der Waals surface area (Å²) in [5, 5.41) is 30.2. The van der Waals surface area contributed by atoms with Crippen molar-refractivity contribution in [1.29, 1.82) is 0 Å². The predicted octanol–water partition coefficient (Wildman–Crippen LogP) is 6.05. The lowest BCUT2D eigenvalue weighted by Gasteiger charge is -2.21. The number of ketones is 2. The molecule has 0 bridgehead atoms. The molecule has 0 fully saturated rings. The van der Waals surface area contributed by atoms with E-state index in [1.165, 1.54) is 64.2 Å². The fourth-order valence-corrected chi connectivity index (χ4v) is 4.07. The average molecular weight is 457 g/mol. The van der Waals surface area contributed by atoms with Gasteiger partial charge in [0.2, 0.25) is 0 Å². The Hall–Kier alpha value is -0.780. The van der Waals surface area contributed by atoms with E-state index in [0.29, 0.717) is 12.8 Å². The van der Waals surface area contributed by atoms with E-state index in [1.54, 1.807) is 0 Å². The van der Waals surface area contributed by atoms with Crippen molar-refractivity contribution in [3.8, 4) is 0 Å². The fraction of sp³-hybridized carbons (Fsp3) is 0.926. The minimum absolute atomic E-state index is 0.174. The molecule has 0 heterocycles. The molecule has 0 saturated heterocycles. The first kappa shape index (κ1) is 31.2. The summed E-state index contributed by atoms with van der Waals surface area (Å²) in [7, 11) is 0. The van der Waals surface area contributed by atoms with Crippen LogP contribution in [0.25, 0.3) is 0 Å². The molecule has 0 rings (SSSR count). The molecule has 0 aromatic rings. The van der Waals surface area contributed by atoms with Crippen LogP contribution in [-0.2, 0) is 9.59 Å². The van der Waals surface area contributed by atoms with Gasteiger partial charge in [0.05, 0.1) is 0 Å². The molecule has 0 aromatic heterocycles. The van der Waals surface area contributed by atoms with E-state index < -0.39 is 29.9 Å². The summed E-state index contributed by atoms with van der Waals surface area (Å²) in [5.41, 5.74) is 0. The summed E-state index contributed by atoms with van der Waals surface area (Å²) in [6.07, 6.45) is 15.5. The summed E-state index contributed by atoms with van der Waals surface area (Å²) in [4.78, 5) is 24.2. The van der Waals surface area contributed by atoms with Gasteiger partial charge in [0.25, 0.3) is 0 Å². The smallest absolute Gasteiger partial charge is 0.164 e. The number of hydrogen-bond donors (Lipinski definition) is 3. The Morgan fingerprint density at radius 3 is 1.00 bits per heavy atom. The Morgan fingerprint density at radius 2 is 0.719 bits per heavy atom. The van der Waals surface area contributed by atoms with Gasteiger partial charge < -0.3 is 15.3 Å². The maximum atomic E-state index is 12.1. The molecule has 0 aliphatic heterocycles. The first-order valence-electron chi connectivity index (χ1n) is 13.5. The molecular formula is C27H52O5. The van der Waals surface area contributed by atoms with Gasteiger partial charge in [-0.25, -0.2) is 0 Å². The maximum absolute atomic E-state index is 12.1. The molecule has 5 heteroatoms. The summed E-state index contributed by atoms with van der Waals surface area (Å²) >= 11 is 0. The zero-order valence-electron chi connectivity index (χ0n) is 21.0. The number of rotatable bonds is 24. The van der Waals surface area contributed by atoms with Crippen molar-refractivity contribution in [3.05, 3.63) is 0 Å². The van der Waals surface area contributed by atoms with Crippen LogP contribution in [-0.4, -0.2) is 45.2 Å². The Kier molecular flexibility index (Phi) is 21.5. The Labute approximate surface area is 197 Å². The minimum atomic E-state index is -1.73. The normalized spacial score (nSPS) is 14.3. The van der Waals surface area contributed by atoms with E-state index in [2.05, 4.69) is 13.8 Å². The van der Waals surface area contributed by atoms with E-state index in [0.717, 1.165) is 38.5 Å². The minimum Gasteiger partial charge on any atom is -0.387 e. The highest BCUT2D eigenvalue weighted by Crippen LogP contribution is 2.15. The highest BCUT2D eigenvalue weighted by atomic mass is 16.4. The van der Waals surface area contributed by atoms with Crippen LogP contribution in [0, 0.1) is 0 Å². The first-order chi connectivity index (χ1) is 15.5. The van der Waals surface area contributed by atoms with Crippen LogP contribution < -0.4 is 0 Å². The van der Waals surface area contributed by atoms with E-state index in [9.17, 15) is 24.9 Å². The van der Waals surface area contributed by atoms with Crippen LogP contribution in [0.4, 0.5) is 0 Å². The SMILES string of the molecule is CCCCCCCCCCCC(=O)C(O)C(O)[C@H](O)C(=O)CCCCCCCCCCC. The van der Waals surface area contributed by atoms with Crippen LogP contribution >= 0.6 is 0 Å². The third-order valence-electron chi connectivity index (χ3n) is 6.36. The number of hydrogen-bond acceptors (Lipinski definition) is 5. The van der Waals surface area contributed by atoms with Crippen molar-refractivity contribution in [2.75, 3.05) is 0 Å². The fourth-order valence-electron chi connectivity index (χ4n) is 4.07. The van der Waals surface area contributed by atoms with Gasteiger partial charge in [0, 0.05) is 12.8 Å². The average Bonchev–Trinajstić information content (AvgIpc) is 2.80. The van der Waals surface area contributed by atoms with Crippen molar-refractivity contribution >= 4 is 11.6 Å². The van der Waals surface area contributed by atoms with Crippen molar-refractivity contribution in [3.63, 3.8) is 0 Å². The first-order valence-corrected chi connectivity index (χ1v) is 13.5. The van der Waals surface area contributed by atoms with Gasteiger partial charge in [0.1, 0.15) is 18.3 Å². The van der Waals surface area contributed by atoms with E-state index in [4.69, 9.17) is 0 Å². The molecular weight excluding hydrogens is 404 g/mol. The lowest BCUT2D eigenvalue weighted by Crippen LogP contribution is -2.45. The van der Waals surface area contributed by atoms with Gasteiger partial charge in [-0.1, -0.05) is 117 Å². The quantitative estimate of drug-likeness (QED) is 0.154. The van der Waals surface area contributed by atoms with E-state index >= 15 is 0 Å². The molecule has 0 spiro atoms. The molecule has 0 aliphatic rings. The van der Waals surface area contributed by atoms with Gasteiger partial charge in [0.15, 0.2) is 11.6 Å². The molecule has 190 valence electrons. The zero-order valence-corrected chi connectivity index (χ0v) is 21.0. The van der Waals surface area contributed by atoms with Gasteiger partial charge in [-0.05, 0) is 12.8 Å². The van der Waals surface area contributed by atoms with Crippen molar-refractivity contribution in [1.82, 2.24) is 0 Å². The number of unbranched alkanes of at least 4 members (excludes halogenated alkanes) is 16. The van der Waals surface area contributed by atoms with Crippen molar-refractivity contribution < 1.29 is 24.9 Å². The van der Waals surface area contributed by atoms with Crippen LogP contribution in [0.3, 0.4) is 0 Å². The largest absolute Gasteiger partial charge is 0.387 e. The third-order valence-corrected chi connectivity index (χ3v) is 6.36. The van der Waals surface area contributed by atoms with Crippen molar-refractivity contribution in [2.24, 2.45) is 0 Å². The van der Waals surface area contributed by atoms with Crippen LogP contribution in [0.2, 0.25) is 0 Å². The van der Waals surface area contributed by atoms with Gasteiger partial charge in [-0.15, -0.1) is 0 Å². The van der Waals surface area contributed by atoms with Gasteiger partial charge in [-0.3, -0.25) is 9.59 Å². The second-order valence-electron chi connectivity index (χ2n) is 9.47. The topological polar surface area (TPSA) is 94.8 Å². The summed E-state index contributed by atoms with van der Waals surface area (Å²) < 4.78 is 0. The Balaban J connectivity index is 3.85. The molecule has 3 atom stereocenters. The molecule has 32 heavy (non-hydrogen) atoms. The molecule has 5 nitrogen and oxygen atoms in total. The lowest BCUT2D eigenvalue weighted by atomic mass is 9.95. The van der Waals surface area contributed by atoms with Gasteiger partial charge >= 0.3 is 0 Å². The summed E-state index contributed by atoms with van der Waals surface area (Å²) in [6.45, 7) is 4.41. The molecule has 0 aliphatic carbocycles. The molecule has 0 saturated carbocycles. The molecule has 2 unspecified atom stereocenters. The van der Waals surface area contributed by atoms with E-state index in [-0.39, 0.29) is 12.8 Å². The number of aliphatic hydroxyl groups excluding tert-OH is 3. The molecule has 0 aromatic carbocycles. The molecule has 3 N–H and O–H groups in total. The Morgan fingerprint density at radius 1 is 0.469 bits per heavy atom. The number of carbonyl (C=O) groups excluding carboxylic acids is 2. The van der Waals surface area contributed by atoms with Crippen LogP contribution in [0.1, 0.15) is 142 Å². The van der Waals surface area contributed by atoms with Crippen LogP contribution in [0.5, 0.6) is 0 Å². The second-order valence-corrected chi connectivity index (χ2v) is 9.47. The standard InChI is InChI=1S/C27H52O5/c1-3-5-7-9-11-13-15-17-19-21-23(28)25(30)27(32)26(31)24(29)22-20-18-16-14-12-10-8-6-4-2/h25-27,30-32H,3-22H2,1-2H3/t25-,26?,27?/m1/s1. The second kappa shape index (κ2) is 22.0. The maximum Gasteiger partial charge on any atom is 0.164 e. The van der Waals surface area contributed by atoms with Crippen LogP contribution in [0.15, 0.2) is 0 Å².